The van der Waals surface area contributed by atoms with E-state index in [1.165, 1.54) is 0 Å². The number of guanidine groups is 1. The van der Waals surface area contributed by atoms with E-state index in [0.29, 0.717) is 31.5 Å². The lowest BCUT2D eigenvalue weighted by molar-refractivity contribution is -0.123. The Hall–Kier alpha value is -2.05. The van der Waals surface area contributed by atoms with Gasteiger partial charge in [0.1, 0.15) is 12.3 Å². The quantitative estimate of drug-likeness (QED) is 0.401. The molecule has 1 aromatic rings. The van der Waals surface area contributed by atoms with Crippen LogP contribution in [0.15, 0.2) is 15.6 Å². The zero-order valence-electron chi connectivity index (χ0n) is 15.7. The van der Waals surface area contributed by atoms with Crippen molar-refractivity contribution < 1.29 is 9.21 Å². The summed E-state index contributed by atoms with van der Waals surface area (Å²) in [6.07, 6.45) is 1.76. The molecule has 0 bridgehead atoms. The molecule has 24 heavy (non-hydrogen) atoms. The Morgan fingerprint density at radius 1 is 1.25 bits per heavy atom. The second-order valence-electron chi connectivity index (χ2n) is 6.94. The van der Waals surface area contributed by atoms with Crippen molar-refractivity contribution >= 4 is 11.9 Å². The molecule has 0 spiro atoms. The number of amides is 1. The van der Waals surface area contributed by atoms with E-state index in [4.69, 9.17) is 4.42 Å². The number of rotatable bonds is 7. The number of nitrogens with one attached hydrogen (secondary N) is 3. The summed E-state index contributed by atoms with van der Waals surface area (Å²) < 4.78 is 5.73. The van der Waals surface area contributed by atoms with Gasteiger partial charge in [-0.25, -0.2) is 9.98 Å². The molecule has 0 radical (unpaired) electrons. The van der Waals surface area contributed by atoms with Crippen molar-refractivity contribution in [1.82, 2.24) is 20.9 Å². The summed E-state index contributed by atoms with van der Waals surface area (Å²) in [5.41, 5.74) is -0.0632. The molecule has 0 unspecified atom stereocenters. The third-order valence-corrected chi connectivity index (χ3v) is 3.25. The molecule has 136 valence electrons. The maximum atomic E-state index is 11.5. The number of nitrogens with zero attached hydrogens (tertiary/aromatic N) is 2. The summed E-state index contributed by atoms with van der Waals surface area (Å²) in [5, 5.41) is 9.19. The van der Waals surface area contributed by atoms with E-state index in [1.54, 1.807) is 6.20 Å². The van der Waals surface area contributed by atoms with Crippen LogP contribution in [0.5, 0.6) is 0 Å². The van der Waals surface area contributed by atoms with Gasteiger partial charge in [0, 0.05) is 31.0 Å². The largest absolute Gasteiger partial charge is 0.443 e. The summed E-state index contributed by atoms with van der Waals surface area (Å²) in [4.78, 5) is 20.2. The maximum absolute atomic E-state index is 11.5. The second kappa shape index (κ2) is 9.30. The number of hydrogen-bond donors (Lipinski definition) is 3. The predicted molar refractivity (Wildman–Crippen MR) is 95.9 cm³/mol. The number of aromatic nitrogens is 1. The Morgan fingerprint density at radius 3 is 2.46 bits per heavy atom. The van der Waals surface area contributed by atoms with E-state index in [0.717, 1.165) is 12.3 Å². The highest BCUT2D eigenvalue weighted by Crippen LogP contribution is 2.22. The van der Waals surface area contributed by atoms with Crippen molar-refractivity contribution in [2.75, 3.05) is 19.6 Å². The van der Waals surface area contributed by atoms with Crippen molar-refractivity contribution in [3.63, 3.8) is 0 Å². The van der Waals surface area contributed by atoms with Gasteiger partial charge in [-0.1, -0.05) is 34.6 Å². The molecule has 0 atom stereocenters. The first-order valence-corrected chi connectivity index (χ1v) is 8.49. The Morgan fingerprint density at radius 2 is 1.92 bits per heavy atom. The van der Waals surface area contributed by atoms with Gasteiger partial charge in [-0.05, 0) is 6.92 Å². The van der Waals surface area contributed by atoms with Crippen molar-refractivity contribution in [3.8, 4) is 0 Å². The lowest BCUT2D eigenvalue weighted by atomic mass is 9.94. The number of carbonyl (C=O) groups excluding carboxylic acids is 1. The van der Waals surface area contributed by atoms with E-state index in [2.05, 4.69) is 46.7 Å². The van der Waals surface area contributed by atoms with Gasteiger partial charge >= 0.3 is 0 Å². The Kier molecular flexibility index (Phi) is 7.74. The van der Waals surface area contributed by atoms with Crippen LogP contribution in [0.1, 0.15) is 53.2 Å². The smallest absolute Gasteiger partial charge is 0.222 e. The summed E-state index contributed by atoms with van der Waals surface area (Å²) in [6, 6.07) is 0. The number of carbonyl (C=O) groups is 1. The molecule has 0 aliphatic heterocycles. The van der Waals surface area contributed by atoms with E-state index in [-0.39, 0.29) is 17.2 Å². The van der Waals surface area contributed by atoms with E-state index < -0.39 is 0 Å². The van der Waals surface area contributed by atoms with Gasteiger partial charge in [0.2, 0.25) is 11.8 Å². The molecule has 7 heteroatoms. The van der Waals surface area contributed by atoms with Crippen LogP contribution in [-0.4, -0.2) is 36.5 Å². The molecule has 0 aliphatic carbocycles. The summed E-state index contributed by atoms with van der Waals surface area (Å²) >= 11 is 0. The highest BCUT2D eigenvalue weighted by molar-refractivity contribution is 5.80. The van der Waals surface area contributed by atoms with Crippen LogP contribution < -0.4 is 16.0 Å². The van der Waals surface area contributed by atoms with Crippen molar-refractivity contribution in [3.05, 3.63) is 17.8 Å². The van der Waals surface area contributed by atoms with Gasteiger partial charge in [-0.15, -0.1) is 0 Å². The first-order chi connectivity index (χ1) is 11.2. The lowest BCUT2D eigenvalue weighted by Gasteiger charge is -2.13. The normalized spacial score (nSPS) is 12.4. The van der Waals surface area contributed by atoms with Crippen molar-refractivity contribution in [2.45, 2.75) is 53.5 Å². The molecule has 1 rings (SSSR count). The van der Waals surface area contributed by atoms with Gasteiger partial charge in [-0.2, -0.15) is 0 Å². The molecule has 0 fully saturated rings. The zero-order chi connectivity index (χ0) is 18.2. The van der Waals surface area contributed by atoms with Crippen LogP contribution in [0.4, 0.5) is 0 Å². The van der Waals surface area contributed by atoms with Crippen LogP contribution in [0.25, 0.3) is 0 Å². The SMILES string of the molecule is CCNC(=NCc1ncc(C(C)(C)C)o1)NCCNC(=O)C(C)C. The molecule has 3 N–H and O–H groups in total. The lowest BCUT2D eigenvalue weighted by Crippen LogP contribution is -2.42. The molecule has 0 saturated heterocycles. The zero-order valence-corrected chi connectivity index (χ0v) is 15.7. The van der Waals surface area contributed by atoms with Gasteiger partial charge in [0.25, 0.3) is 0 Å². The highest BCUT2D eigenvalue weighted by atomic mass is 16.4. The van der Waals surface area contributed by atoms with Gasteiger partial charge in [0.15, 0.2) is 5.96 Å². The number of hydrogen-bond acceptors (Lipinski definition) is 4. The molecule has 1 aromatic heterocycles. The van der Waals surface area contributed by atoms with E-state index >= 15 is 0 Å². The molecule has 1 amide bonds. The maximum Gasteiger partial charge on any atom is 0.222 e. The summed E-state index contributed by atoms with van der Waals surface area (Å²) in [6.45, 7) is 14.3. The topological polar surface area (TPSA) is 91.6 Å². The molecular formula is C17H31N5O2. The Balaban J connectivity index is 2.50. The minimum absolute atomic E-state index is 0.00561. The standard InChI is InChI=1S/C17H31N5O2/c1-7-18-16(20-9-8-19-15(23)12(2)3)22-11-14-21-10-13(24-14)17(4,5)6/h10,12H,7-9,11H2,1-6H3,(H,19,23)(H2,18,20,22). The molecule has 7 nitrogen and oxygen atoms in total. The van der Waals surface area contributed by atoms with Gasteiger partial charge < -0.3 is 20.4 Å². The first kappa shape index (κ1) is 20.0. The van der Waals surface area contributed by atoms with E-state index in [9.17, 15) is 4.79 Å². The molecule has 0 aromatic carbocycles. The highest BCUT2D eigenvalue weighted by Gasteiger charge is 2.19. The second-order valence-corrected chi connectivity index (χ2v) is 6.94. The summed E-state index contributed by atoms with van der Waals surface area (Å²) in [7, 11) is 0. The minimum Gasteiger partial charge on any atom is -0.443 e. The van der Waals surface area contributed by atoms with Gasteiger partial charge in [-0.3, -0.25) is 4.79 Å². The monoisotopic (exact) mass is 337 g/mol. The molecule has 0 aliphatic rings. The van der Waals surface area contributed by atoms with Crippen molar-refractivity contribution in [2.24, 2.45) is 10.9 Å². The van der Waals surface area contributed by atoms with Crippen LogP contribution in [0, 0.1) is 5.92 Å². The summed E-state index contributed by atoms with van der Waals surface area (Å²) in [5.74, 6) is 2.15. The number of oxazole rings is 1. The third-order valence-electron chi connectivity index (χ3n) is 3.25. The molecule has 0 saturated carbocycles. The van der Waals surface area contributed by atoms with Crippen LogP contribution in [0.2, 0.25) is 0 Å². The number of aliphatic imine (C=N–C) groups is 1. The molecule has 1 heterocycles. The molecular weight excluding hydrogens is 306 g/mol. The van der Waals surface area contributed by atoms with Crippen LogP contribution in [-0.2, 0) is 16.8 Å². The Labute approximate surface area is 144 Å². The first-order valence-electron chi connectivity index (χ1n) is 8.49. The van der Waals surface area contributed by atoms with E-state index in [1.807, 2.05) is 20.8 Å². The fourth-order valence-corrected chi connectivity index (χ4v) is 1.79. The minimum atomic E-state index is -0.0632. The van der Waals surface area contributed by atoms with Crippen LogP contribution >= 0.6 is 0 Å². The average molecular weight is 337 g/mol. The van der Waals surface area contributed by atoms with Crippen molar-refractivity contribution in [1.29, 1.82) is 0 Å². The predicted octanol–water partition coefficient (Wildman–Crippen LogP) is 1.80. The van der Waals surface area contributed by atoms with Gasteiger partial charge in [0.05, 0.1) is 6.20 Å². The third kappa shape index (κ3) is 7.02. The fourth-order valence-electron chi connectivity index (χ4n) is 1.79. The fraction of sp³-hybridized carbons (Fsp3) is 0.706. The Bertz CT molecular complexity index is 543. The average Bonchev–Trinajstić information content (AvgIpc) is 2.97. The van der Waals surface area contributed by atoms with Crippen LogP contribution in [0.3, 0.4) is 0 Å².